The zero-order valence-corrected chi connectivity index (χ0v) is 15.2. The lowest BCUT2D eigenvalue weighted by Gasteiger charge is -2.35. The van der Waals surface area contributed by atoms with Crippen LogP contribution in [0.15, 0.2) is 36.8 Å². The third-order valence-corrected chi connectivity index (χ3v) is 4.99. The van der Waals surface area contributed by atoms with E-state index >= 15 is 0 Å². The molecule has 4 heteroatoms. The first-order valence-corrected chi connectivity index (χ1v) is 9.07. The number of benzene rings is 1. The monoisotopic (exact) mass is 326 g/mol. The summed E-state index contributed by atoms with van der Waals surface area (Å²) >= 11 is 0. The van der Waals surface area contributed by atoms with Gasteiger partial charge in [-0.25, -0.2) is 4.98 Å². The molecular weight excluding hydrogens is 296 g/mol. The van der Waals surface area contributed by atoms with Gasteiger partial charge in [-0.1, -0.05) is 38.1 Å². The SMILES string of the molecule is C[C@@H]1C[C@@H](C)CN(Cc2ccccc2CNCc2cncn2C)C1. The van der Waals surface area contributed by atoms with Crippen LogP contribution in [0, 0.1) is 11.8 Å². The van der Waals surface area contributed by atoms with Gasteiger partial charge in [-0.2, -0.15) is 0 Å². The molecule has 24 heavy (non-hydrogen) atoms. The van der Waals surface area contributed by atoms with E-state index in [1.807, 2.05) is 19.6 Å². The normalized spacial score (nSPS) is 22.0. The van der Waals surface area contributed by atoms with Crippen molar-refractivity contribution in [1.29, 1.82) is 0 Å². The molecule has 0 amide bonds. The maximum absolute atomic E-state index is 4.17. The number of hydrogen-bond acceptors (Lipinski definition) is 3. The fourth-order valence-electron chi connectivity index (χ4n) is 3.93. The van der Waals surface area contributed by atoms with Crippen LogP contribution in [0.25, 0.3) is 0 Å². The summed E-state index contributed by atoms with van der Waals surface area (Å²) in [6, 6.07) is 8.84. The number of piperidine rings is 1. The van der Waals surface area contributed by atoms with E-state index in [0.29, 0.717) is 0 Å². The van der Waals surface area contributed by atoms with Crippen LogP contribution in [-0.2, 0) is 26.7 Å². The van der Waals surface area contributed by atoms with E-state index in [1.165, 1.54) is 36.3 Å². The van der Waals surface area contributed by atoms with Crippen LogP contribution in [0.3, 0.4) is 0 Å². The number of aromatic nitrogens is 2. The van der Waals surface area contributed by atoms with E-state index in [-0.39, 0.29) is 0 Å². The summed E-state index contributed by atoms with van der Waals surface area (Å²) in [5.74, 6) is 1.62. The Bertz CT molecular complexity index is 639. The molecule has 1 fully saturated rings. The average Bonchev–Trinajstić information content (AvgIpc) is 2.93. The molecule has 130 valence electrons. The van der Waals surface area contributed by atoms with Gasteiger partial charge in [0.05, 0.1) is 12.0 Å². The van der Waals surface area contributed by atoms with Crippen molar-refractivity contribution in [2.24, 2.45) is 18.9 Å². The van der Waals surface area contributed by atoms with Crippen LogP contribution < -0.4 is 5.32 Å². The maximum atomic E-state index is 4.17. The van der Waals surface area contributed by atoms with E-state index in [4.69, 9.17) is 0 Å². The van der Waals surface area contributed by atoms with Gasteiger partial charge in [0.1, 0.15) is 0 Å². The molecule has 0 spiro atoms. The second kappa shape index (κ2) is 7.95. The number of rotatable bonds is 6. The van der Waals surface area contributed by atoms with Gasteiger partial charge in [0.2, 0.25) is 0 Å². The lowest BCUT2D eigenvalue weighted by Crippen LogP contribution is -2.38. The summed E-state index contributed by atoms with van der Waals surface area (Å²) in [7, 11) is 2.04. The molecule has 1 aromatic heterocycles. The van der Waals surface area contributed by atoms with E-state index in [0.717, 1.165) is 31.5 Å². The van der Waals surface area contributed by atoms with E-state index in [2.05, 4.69) is 57.9 Å². The largest absolute Gasteiger partial charge is 0.337 e. The number of likely N-dealkylation sites (tertiary alicyclic amines) is 1. The highest BCUT2D eigenvalue weighted by Crippen LogP contribution is 2.23. The zero-order valence-electron chi connectivity index (χ0n) is 15.2. The molecule has 0 bridgehead atoms. The van der Waals surface area contributed by atoms with Gasteiger partial charge in [0.15, 0.2) is 0 Å². The molecule has 1 N–H and O–H groups in total. The Kier molecular flexibility index (Phi) is 5.69. The van der Waals surface area contributed by atoms with Crippen molar-refractivity contribution in [3.05, 3.63) is 53.6 Å². The van der Waals surface area contributed by atoms with E-state index < -0.39 is 0 Å². The third-order valence-electron chi connectivity index (χ3n) is 4.99. The van der Waals surface area contributed by atoms with Crippen molar-refractivity contribution in [1.82, 2.24) is 19.8 Å². The quantitative estimate of drug-likeness (QED) is 0.885. The minimum absolute atomic E-state index is 0.809. The van der Waals surface area contributed by atoms with Crippen molar-refractivity contribution in [3.8, 4) is 0 Å². The highest BCUT2D eigenvalue weighted by Gasteiger charge is 2.22. The van der Waals surface area contributed by atoms with Crippen LogP contribution in [-0.4, -0.2) is 27.5 Å². The first-order chi connectivity index (χ1) is 11.6. The Balaban J connectivity index is 1.59. The lowest BCUT2D eigenvalue weighted by molar-refractivity contribution is 0.134. The molecule has 0 saturated carbocycles. The zero-order chi connectivity index (χ0) is 16.9. The molecule has 4 nitrogen and oxygen atoms in total. The van der Waals surface area contributed by atoms with Gasteiger partial charge in [-0.3, -0.25) is 4.90 Å². The fraction of sp³-hybridized carbons (Fsp3) is 0.550. The molecule has 0 radical (unpaired) electrons. The fourth-order valence-corrected chi connectivity index (χ4v) is 3.93. The number of hydrogen-bond donors (Lipinski definition) is 1. The first-order valence-electron chi connectivity index (χ1n) is 9.07. The second-order valence-corrected chi connectivity index (χ2v) is 7.51. The minimum Gasteiger partial charge on any atom is -0.337 e. The van der Waals surface area contributed by atoms with Crippen LogP contribution in [0.5, 0.6) is 0 Å². The predicted molar refractivity (Wildman–Crippen MR) is 98.4 cm³/mol. The van der Waals surface area contributed by atoms with Crippen LogP contribution >= 0.6 is 0 Å². The van der Waals surface area contributed by atoms with Crippen LogP contribution in [0.1, 0.15) is 37.1 Å². The highest BCUT2D eigenvalue weighted by molar-refractivity contribution is 5.27. The average molecular weight is 326 g/mol. The van der Waals surface area contributed by atoms with Gasteiger partial charge in [0.25, 0.3) is 0 Å². The first kappa shape index (κ1) is 17.2. The second-order valence-electron chi connectivity index (χ2n) is 7.51. The Morgan fingerprint density at radius 1 is 1.08 bits per heavy atom. The molecule has 1 aliphatic heterocycles. The summed E-state index contributed by atoms with van der Waals surface area (Å²) in [6.45, 7) is 10.0. The Hall–Kier alpha value is -1.65. The standard InChI is InChI=1S/C20H30N4/c1-16-8-17(2)13-24(12-16)14-19-7-5-4-6-18(19)9-21-10-20-11-22-15-23(20)3/h4-7,11,15-17,21H,8-10,12-14H2,1-3H3/t16-,17-/m1/s1. The van der Waals surface area contributed by atoms with Gasteiger partial charge in [0, 0.05) is 46.0 Å². The van der Waals surface area contributed by atoms with E-state index in [9.17, 15) is 0 Å². The molecule has 0 aliphatic carbocycles. The number of nitrogens with one attached hydrogen (secondary N) is 1. The summed E-state index contributed by atoms with van der Waals surface area (Å²) in [4.78, 5) is 6.80. The predicted octanol–water partition coefficient (Wildman–Crippen LogP) is 3.19. The summed E-state index contributed by atoms with van der Waals surface area (Å²) in [6.07, 6.45) is 5.14. The Morgan fingerprint density at radius 2 is 1.79 bits per heavy atom. The molecule has 0 unspecified atom stereocenters. The number of aryl methyl sites for hydroxylation is 1. The maximum Gasteiger partial charge on any atom is 0.0945 e. The van der Waals surface area contributed by atoms with Gasteiger partial charge < -0.3 is 9.88 Å². The van der Waals surface area contributed by atoms with Crippen LogP contribution in [0.4, 0.5) is 0 Å². The molecule has 1 aromatic carbocycles. The molecule has 2 heterocycles. The Morgan fingerprint density at radius 3 is 2.46 bits per heavy atom. The summed E-state index contributed by atoms with van der Waals surface area (Å²) < 4.78 is 2.06. The molecule has 1 saturated heterocycles. The van der Waals surface area contributed by atoms with Gasteiger partial charge >= 0.3 is 0 Å². The lowest BCUT2D eigenvalue weighted by atomic mass is 9.91. The van der Waals surface area contributed by atoms with Crippen molar-refractivity contribution >= 4 is 0 Å². The molecule has 2 aromatic rings. The molecule has 2 atom stereocenters. The van der Waals surface area contributed by atoms with Gasteiger partial charge in [-0.15, -0.1) is 0 Å². The number of imidazole rings is 1. The van der Waals surface area contributed by atoms with Crippen molar-refractivity contribution < 1.29 is 0 Å². The van der Waals surface area contributed by atoms with Gasteiger partial charge in [-0.05, 0) is 29.4 Å². The third kappa shape index (κ3) is 4.46. The van der Waals surface area contributed by atoms with Crippen molar-refractivity contribution in [3.63, 3.8) is 0 Å². The molecule has 1 aliphatic rings. The Labute approximate surface area is 145 Å². The van der Waals surface area contributed by atoms with Crippen molar-refractivity contribution in [2.75, 3.05) is 13.1 Å². The minimum atomic E-state index is 0.809. The highest BCUT2D eigenvalue weighted by atomic mass is 15.1. The summed E-state index contributed by atoms with van der Waals surface area (Å²) in [5, 5.41) is 3.56. The summed E-state index contributed by atoms with van der Waals surface area (Å²) in [5.41, 5.74) is 4.08. The van der Waals surface area contributed by atoms with Crippen molar-refractivity contribution in [2.45, 2.75) is 39.9 Å². The number of nitrogens with zero attached hydrogens (tertiary/aromatic N) is 3. The smallest absolute Gasteiger partial charge is 0.0945 e. The topological polar surface area (TPSA) is 33.1 Å². The molecule has 3 rings (SSSR count). The van der Waals surface area contributed by atoms with E-state index in [1.54, 1.807) is 0 Å². The molecular formula is C20H30N4. The van der Waals surface area contributed by atoms with Crippen LogP contribution in [0.2, 0.25) is 0 Å².